The third-order valence-corrected chi connectivity index (χ3v) is 2.37. The molecule has 110 valence electrons. The number of hydrogen-bond donors (Lipinski definition) is 1. The second-order valence-electron chi connectivity index (χ2n) is 4.02. The Bertz CT molecular complexity index is 441. The van der Waals surface area contributed by atoms with Crippen LogP contribution in [0.5, 0.6) is 0 Å². The molecule has 0 bridgehead atoms. The third-order valence-electron chi connectivity index (χ3n) is 2.37. The summed E-state index contributed by atoms with van der Waals surface area (Å²) in [6.07, 6.45) is -2.26. The van der Waals surface area contributed by atoms with Crippen molar-refractivity contribution in [1.29, 1.82) is 0 Å². The number of rotatable bonds is 6. The Balaban J connectivity index is 2.43. The molecule has 1 unspecified atom stereocenters. The number of hydroxylamine groups is 2. The van der Waals surface area contributed by atoms with Gasteiger partial charge in [-0.3, -0.25) is 19.2 Å². The summed E-state index contributed by atoms with van der Waals surface area (Å²) in [5, 5.41) is 8.71. The molecule has 2 amide bonds. The van der Waals surface area contributed by atoms with Gasteiger partial charge in [0, 0.05) is 12.8 Å². The van der Waals surface area contributed by atoms with Crippen molar-refractivity contribution in [3.8, 4) is 0 Å². The second kappa shape index (κ2) is 6.64. The van der Waals surface area contributed by atoms with Crippen molar-refractivity contribution in [2.24, 2.45) is 0 Å². The minimum Gasteiger partial charge on any atom is -0.481 e. The summed E-state index contributed by atoms with van der Waals surface area (Å²) >= 11 is 0. The van der Waals surface area contributed by atoms with E-state index in [1.54, 1.807) is 0 Å². The van der Waals surface area contributed by atoms with Crippen molar-refractivity contribution >= 4 is 29.7 Å². The molecule has 0 aromatic carbocycles. The molecule has 1 fully saturated rings. The van der Waals surface area contributed by atoms with E-state index in [9.17, 15) is 24.0 Å². The van der Waals surface area contributed by atoms with E-state index in [-0.39, 0.29) is 12.8 Å². The molecule has 0 radical (unpaired) electrons. The van der Waals surface area contributed by atoms with Crippen LogP contribution in [0.15, 0.2) is 0 Å². The van der Waals surface area contributed by atoms with Gasteiger partial charge < -0.3 is 14.7 Å². The zero-order chi connectivity index (χ0) is 15.3. The minimum absolute atomic E-state index is 0.0428. The van der Waals surface area contributed by atoms with E-state index >= 15 is 0 Å². The molecule has 1 N–H and O–H groups in total. The molecule has 1 aliphatic rings. The summed E-state index contributed by atoms with van der Waals surface area (Å²) < 4.78 is 4.62. The summed E-state index contributed by atoms with van der Waals surface area (Å²) in [5.41, 5.74) is 0. The molecule has 0 aromatic heterocycles. The Labute approximate surface area is 113 Å². The highest BCUT2D eigenvalue weighted by atomic mass is 16.7. The van der Waals surface area contributed by atoms with E-state index < -0.39 is 48.7 Å². The number of ether oxygens (including phenoxy) is 1. The summed E-state index contributed by atoms with van der Waals surface area (Å²) in [4.78, 5) is 59.9. The molecule has 9 heteroatoms. The Morgan fingerprint density at radius 1 is 1.20 bits per heavy atom. The van der Waals surface area contributed by atoms with Gasteiger partial charge in [0.25, 0.3) is 11.8 Å². The van der Waals surface area contributed by atoms with Crippen molar-refractivity contribution in [1.82, 2.24) is 5.06 Å². The van der Waals surface area contributed by atoms with Crippen LogP contribution >= 0.6 is 0 Å². The Morgan fingerprint density at radius 2 is 1.75 bits per heavy atom. The molecule has 9 nitrogen and oxygen atoms in total. The quantitative estimate of drug-likeness (QED) is 0.506. The van der Waals surface area contributed by atoms with Gasteiger partial charge in [-0.1, -0.05) is 0 Å². The van der Waals surface area contributed by atoms with E-state index in [1.807, 2.05) is 0 Å². The van der Waals surface area contributed by atoms with Crippen molar-refractivity contribution in [2.45, 2.75) is 38.7 Å². The van der Waals surface area contributed by atoms with Crippen molar-refractivity contribution < 1.29 is 38.7 Å². The van der Waals surface area contributed by atoms with Crippen LogP contribution in [0.3, 0.4) is 0 Å². The van der Waals surface area contributed by atoms with Crippen LogP contribution in [0.2, 0.25) is 0 Å². The molecular formula is C11H13NO8. The minimum atomic E-state index is -1.35. The topological polar surface area (TPSA) is 127 Å². The van der Waals surface area contributed by atoms with Crippen LogP contribution in [-0.2, 0) is 33.5 Å². The van der Waals surface area contributed by atoms with E-state index in [2.05, 4.69) is 9.57 Å². The lowest BCUT2D eigenvalue weighted by molar-refractivity contribution is -0.205. The molecule has 1 atom stereocenters. The smallest absolute Gasteiger partial charge is 0.373 e. The van der Waals surface area contributed by atoms with Crippen LogP contribution < -0.4 is 0 Å². The Kier molecular flexibility index (Phi) is 5.18. The van der Waals surface area contributed by atoms with E-state index in [0.29, 0.717) is 5.06 Å². The Hall–Kier alpha value is -2.45. The zero-order valence-electron chi connectivity index (χ0n) is 10.7. The number of hydrogen-bond acceptors (Lipinski definition) is 7. The monoisotopic (exact) mass is 287 g/mol. The van der Waals surface area contributed by atoms with Gasteiger partial charge in [0.1, 0.15) is 0 Å². The lowest BCUT2D eigenvalue weighted by Crippen LogP contribution is -2.37. The summed E-state index contributed by atoms with van der Waals surface area (Å²) in [5.74, 6) is -4.45. The number of imide groups is 1. The molecule has 0 aliphatic carbocycles. The summed E-state index contributed by atoms with van der Waals surface area (Å²) in [6, 6.07) is 0. The first-order valence-electron chi connectivity index (χ1n) is 5.80. The van der Waals surface area contributed by atoms with Crippen molar-refractivity contribution in [3.63, 3.8) is 0 Å². The van der Waals surface area contributed by atoms with Crippen LogP contribution in [0.4, 0.5) is 0 Å². The molecule has 20 heavy (non-hydrogen) atoms. The van der Waals surface area contributed by atoms with Crippen LogP contribution in [0.1, 0.15) is 32.6 Å². The molecule has 0 aromatic rings. The number of carbonyl (C=O) groups is 5. The van der Waals surface area contributed by atoms with E-state index in [4.69, 9.17) is 5.11 Å². The first-order chi connectivity index (χ1) is 9.31. The van der Waals surface area contributed by atoms with Crippen molar-refractivity contribution in [3.05, 3.63) is 0 Å². The van der Waals surface area contributed by atoms with Crippen LogP contribution in [0, 0.1) is 0 Å². The molecule has 1 aliphatic heterocycles. The molecule has 1 saturated heterocycles. The van der Waals surface area contributed by atoms with E-state index in [1.165, 1.54) is 6.92 Å². The Morgan fingerprint density at radius 3 is 2.25 bits per heavy atom. The largest absolute Gasteiger partial charge is 0.481 e. The van der Waals surface area contributed by atoms with Crippen LogP contribution in [-0.4, -0.2) is 46.0 Å². The zero-order valence-corrected chi connectivity index (χ0v) is 10.7. The average Bonchev–Trinajstić information content (AvgIpc) is 2.68. The molecule has 0 saturated carbocycles. The highest BCUT2D eigenvalue weighted by molar-refractivity contribution is 6.01. The fourth-order valence-electron chi connectivity index (χ4n) is 1.34. The maximum Gasteiger partial charge on any atom is 0.373 e. The van der Waals surface area contributed by atoms with Gasteiger partial charge in [-0.05, 0) is 6.92 Å². The lowest BCUT2D eigenvalue weighted by atomic mass is 10.3. The number of carboxylic acid groups (broad SMARTS) is 1. The normalized spacial score (nSPS) is 15.9. The number of carboxylic acids is 1. The number of carbonyl (C=O) groups excluding carboxylic acids is 4. The highest BCUT2D eigenvalue weighted by Gasteiger charge is 2.34. The molecule has 1 heterocycles. The number of amides is 2. The van der Waals surface area contributed by atoms with Gasteiger partial charge in [0.05, 0.1) is 12.8 Å². The maximum absolute atomic E-state index is 11.5. The van der Waals surface area contributed by atoms with Gasteiger partial charge in [0.15, 0.2) is 6.10 Å². The number of aliphatic carboxylic acids is 1. The summed E-state index contributed by atoms with van der Waals surface area (Å²) in [6.45, 7) is 1.19. The SMILES string of the molecule is CC(OC(=O)CCC(=O)O)C(=O)ON1C(=O)CCC1=O. The predicted octanol–water partition coefficient (Wildman–Crippen LogP) is -0.610. The first kappa shape index (κ1) is 15.6. The lowest BCUT2D eigenvalue weighted by Gasteiger charge is -2.16. The van der Waals surface area contributed by atoms with Gasteiger partial charge in [0.2, 0.25) is 0 Å². The molecule has 1 rings (SSSR count). The first-order valence-corrected chi connectivity index (χ1v) is 5.80. The van der Waals surface area contributed by atoms with Gasteiger partial charge in [-0.2, -0.15) is 0 Å². The third kappa shape index (κ3) is 4.34. The van der Waals surface area contributed by atoms with Gasteiger partial charge in [-0.15, -0.1) is 5.06 Å². The van der Waals surface area contributed by atoms with E-state index in [0.717, 1.165) is 0 Å². The maximum atomic E-state index is 11.5. The fourth-order valence-corrected chi connectivity index (χ4v) is 1.34. The average molecular weight is 287 g/mol. The number of esters is 1. The van der Waals surface area contributed by atoms with Gasteiger partial charge >= 0.3 is 17.9 Å². The predicted molar refractivity (Wildman–Crippen MR) is 59.6 cm³/mol. The van der Waals surface area contributed by atoms with Gasteiger partial charge in [-0.25, -0.2) is 4.79 Å². The fraction of sp³-hybridized carbons (Fsp3) is 0.545. The van der Waals surface area contributed by atoms with Crippen molar-refractivity contribution in [2.75, 3.05) is 0 Å². The van der Waals surface area contributed by atoms with Crippen LogP contribution in [0.25, 0.3) is 0 Å². The second-order valence-corrected chi connectivity index (χ2v) is 4.02. The molecule has 0 spiro atoms. The highest BCUT2D eigenvalue weighted by Crippen LogP contribution is 2.13. The number of nitrogens with zero attached hydrogens (tertiary/aromatic N) is 1. The summed E-state index contributed by atoms with van der Waals surface area (Å²) in [7, 11) is 0. The standard InChI is InChI=1S/C11H13NO8/c1-6(19-10(17)5-4-9(15)16)11(18)20-12-7(13)2-3-8(12)14/h6H,2-5H2,1H3,(H,15,16). The molecular weight excluding hydrogens is 274 g/mol.